The fraction of sp³-hybridized carbons (Fsp3) is 0.571. The molecule has 2 heterocycles. The van der Waals surface area contributed by atoms with Crippen molar-refractivity contribution in [2.45, 2.75) is 19.3 Å². The number of para-hydroxylation sites is 1. The van der Waals surface area contributed by atoms with E-state index in [1.54, 1.807) is 0 Å². The highest BCUT2D eigenvalue weighted by Gasteiger charge is 2.36. The van der Waals surface area contributed by atoms with Crippen LogP contribution in [0.3, 0.4) is 0 Å². The zero-order chi connectivity index (χ0) is 11.0. The standard InChI is InChI=1S/C14H20N2/c1-16-8-6-14(7-9-16)10-12-4-2-3-5-13(12)15-11-14/h2-5,15H,6-11H2,1H3. The molecule has 3 rings (SSSR count). The first-order valence-electron chi connectivity index (χ1n) is 6.28. The number of hydrogen-bond acceptors (Lipinski definition) is 2. The summed E-state index contributed by atoms with van der Waals surface area (Å²) in [6, 6.07) is 8.77. The molecule has 0 bridgehead atoms. The Balaban J connectivity index is 1.82. The van der Waals surface area contributed by atoms with Gasteiger partial charge < -0.3 is 10.2 Å². The van der Waals surface area contributed by atoms with Crippen molar-refractivity contribution in [1.82, 2.24) is 4.90 Å². The average Bonchev–Trinajstić information content (AvgIpc) is 2.33. The maximum absolute atomic E-state index is 3.62. The molecule has 0 saturated carbocycles. The fourth-order valence-corrected chi connectivity index (χ4v) is 3.04. The number of likely N-dealkylation sites (tertiary alicyclic amines) is 1. The molecule has 1 aromatic rings. The van der Waals surface area contributed by atoms with E-state index in [4.69, 9.17) is 0 Å². The summed E-state index contributed by atoms with van der Waals surface area (Å²) in [7, 11) is 2.23. The third kappa shape index (κ3) is 1.71. The third-order valence-corrected chi connectivity index (χ3v) is 4.28. The van der Waals surface area contributed by atoms with Crippen molar-refractivity contribution in [3.8, 4) is 0 Å². The summed E-state index contributed by atoms with van der Waals surface area (Å²) in [5.74, 6) is 0. The van der Waals surface area contributed by atoms with Crippen LogP contribution in [0.2, 0.25) is 0 Å². The van der Waals surface area contributed by atoms with Gasteiger partial charge in [0.05, 0.1) is 0 Å². The molecule has 0 amide bonds. The molecule has 0 unspecified atom stereocenters. The number of nitrogens with zero attached hydrogens (tertiary/aromatic N) is 1. The molecule has 0 aliphatic carbocycles. The van der Waals surface area contributed by atoms with E-state index in [0.29, 0.717) is 5.41 Å². The van der Waals surface area contributed by atoms with Crippen LogP contribution < -0.4 is 5.32 Å². The van der Waals surface area contributed by atoms with Gasteiger partial charge in [-0.2, -0.15) is 0 Å². The molecule has 0 radical (unpaired) electrons. The highest BCUT2D eigenvalue weighted by molar-refractivity contribution is 5.53. The molecule has 2 nitrogen and oxygen atoms in total. The van der Waals surface area contributed by atoms with Crippen molar-refractivity contribution in [1.29, 1.82) is 0 Å². The smallest absolute Gasteiger partial charge is 0.0373 e. The minimum Gasteiger partial charge on any atom is -0.384 e. The molecule has 1 spiro atoms. The van der Waals surface area contributed by atoms with Crippen LogP contribution in [0.1, 0.15) is 18.4 Å². The number of nitrogens with one attached hydrogen (secondary N) is 1. The van der Waals surface area contributed by atoms with Crippen LogP contribution in [0.25, 0.3) is 0 Å². The van der Waals surface area contributed by atoms with Crippen LogP contribution >= 0.6 is 0 Å². The first kappa shape index (κ1) is 10.2. The highest BCUT2D eigenvalue weighted by Crippen LogP contribution is 2.40. The van der Waals surface area contributed by atoms with Gasteiger partial charge in [0.2, 0.25) is 0 Å². The highest BCUT2D eigenvalue weighted by atomic mass is 15.1. The zero-order valence-electron chi connectivity index (χ0n) is 10.00. The summed E-state index contributed by atoms with van der Waals surface area (Å²) >= 11 is 0. The number of benzene rings is 1. The van der Waals surface area contributed by atoms with E-state index in [-0.39, 0.29) is 0 Å². The summed E-state index contributed by atoms with van der Waals surface area (Å²) in [6.45, 7) is 3.67. The number of piperidine rings is 1. The molecule has 0 aromatic heterocycles. The van der Waals surface area contributed by atoms with Crippen LogP contribution in [0.4, 0.5) is 5.69 Å². The lowest BCUT2D eigenvalue weighted by Crippen LogP contribution is -2.45. The van der Waals surface area contributed by atoms with Crippen molar-refractivity contribution >= 4 is 5.69 Å². The first-order valence-corrected chi connectivity index (χ1v) is 6.28. The van der Waals surface area contributed by atoms with Gasteiger partial charge in [-0.25, -0.2) is 0 Å². The van der Waals surface area contributed by atoms with Crippen LogP contribution in [0.5, 0.6) is 0 Å². The second-order valence-electron chi connectivity index (χ2n) is 5.49. The lowest BCUT2D eigenvalue weighted by molar-refractivity contribution is 0.130. The maximum Gasteiger partial charge on any atom is 0.0373 e. The van der Waals surface area contributed by atoms with Crippen molar-refractivity contribution < 1.29 is 0 Å². The molecule has 1 saturated heterocycles. The Morgan fingerprint density at radius 3 is 2.75 bits per heavy atom. The Bertz CT molecular complexity index is 378. The van der Waals surface area contributed by atoms with Crippen molar-refractivity contribution in [2.75, 3.05) is 32.0 Å². The van der Waals surface area contributed by atoms with Crippen LogP contribution in [-0.4, -0.2) is 31.6 Å². The largest absolute Gasteiger partial charge is 0.384 e. The Morgan fingerprint density at radius 2 is 1.94 bits per heavy atom. The Kier molecular flexibility index (Phi) is 2.40. The monoisotopic (exact) mass is 216 g/mol. The Hall–Kier alpha value is -1.02. The normalized spacial score (nSPS) is 23.8. The maximum atomic E-state index is 3.62. The molecule has 86 valence electrons. The van der Waals surface area contributed by atoms with Crippen molar-refractivity contribution in [3.63, 3.8) is 0 Å². The van der Waals surface area contributed by atoms with Gasteiger partial charge in [-0.1, -0.05) is 18.2 Å². The molecular formula is C14H20N2. The minimum atomic E-state index is 0.529. The molecule has 2 heteroatoms. The lowest BCUT2D eigenvalue weighted by atomic mass is 9.72. The van der Waals surface area contributed by atoms with Crippen LogP contribution in [-0.2, 0) is 6.42 Å². The van der Waals surface area contributed by atoms with E-state index in [9.17, 15) is 0 Å². The van der Waals surface area contributed by atoms with Gasteiger partial charge in [0.15, 0.2) is 0 Å². The zero-order valence-corrected chi connectivity index (χ0v) is 10.00. The van der Waals surface area contributed by atoms with E-state index < -0.39 is 0 Å². The molecule has 16 heavy (non-hydrogen) atoms. The molecular weight excluding hydrogens is 196 g/mol. The third-order valence-electron chi connectivity index (χ3n) is 4.28. The van der Waals surface area contributed by atoms with E-state index in [2.05, 4.69) is 41.5 Å². The fourth-order valence-electron chi connectivity index (χ4n) is 3.04. The van der Waals surface area contributed by atoms with Crippen LogP contribution in [0.15, 0.2) is 24.3 Å². The van der Waals surface area contributed by atoms with E-state index in [1.165, 1.54) is 43.6 Å². The summed E-state index contributed by atoms with van der Waals surface area (Å²) < 4.78 is 0. The van der Waals surface area contributed by atoms with Gasteiger partial charge in [0, 0.05) is 12.2 Å². The van der Waals surface area contributed by atoms with Gasteiger partial charge in [0.1, 0.15) is 0 Å². The summed E-state index contributed by atoms with van der Waals surface area (Å²) in [4.78, 5) is 2.45. The number of fused-ring (bicyclic) bond motifs is 1. The van der Waals surface area contributed by atoms with Gasteiger partial charge in [-0.05, 0) is 56.4 Å². The summed E-state index contributed by atoms with van der Waals surface area (Å²) in [5.41, 5.74) is 3.39. The number of rotatable bonds is 0. The van der Waals surface area contributed by atoms with Crippen molar-refractivity contribution in [2.24, 2.45) is 5.41 Å². The van der Waals surface area contributed by atoms with Gasteiger partial charge in [0.25, 0.3) is 0 Å². The first-order chi connectivity index (χ1) is 7.77. The molecule has 1 fully saturated rings. The summed E-state index contributed by atoms with van der Waals surface area (Å²) in [6.07, 6.45) is 3.94. The van der Waals surface area contributed by atoms with E-state index >= 15 is 0 Å². The molecule has 2 aliphatic rings. The SMILES string of the molecule is CN1CCC2(CC1)CNc1ccccc1C2. The quantitative estimate of drug-likeness (QED) is 0.716. The topological polar surface area (TPSA) is 15.3 Å². The lowest BCUT2D eigenvalue weighted by Gasteiger charge is -2.44. The number of hydrogen-bond donors (Lipinski definition) is 1. The average molecular weight is 216 g/mol. The van der Waals surface area contributed by atoms with Crippen LogP contribution in [0, 0.1) is 5.41 Å². The predicted molar refractivity (Wildman–Crippen MR) is 67.8 cm³/mol. The predicted octanol–water partition coefficient (Wildman–Crippen LogP) is 2.37. The number of anilines is 1. The molecule has 1 aromatic carbocycles. The summed E-state index contributed by atoms with van der Waals surface area (Å²) in [5, 5.41) is 3.62. The van der Waals surface area contributed by atoms with Gasteiger partial charge in [-0.15, -0.1) is 0 Å². The molecule has 1 N–H and O–H groups in total. The van der Waals surface area contributed by atoms with Gasteiger partial charge in [-0.3, -0.25) is 0 Å². The van der Waals surface area contributed by atoms with Gasteiger partial charge >= 0.3 is 0 Å². The second kappa shape index (κ2) is 3.77. The second-order valence-corrected chi connectivity index (χ2v) is 5.49. The Labute approximate surface area is 97.6 Å². The minimum absolute atomic E-state index is 0.529. The molecule has 2 aliphatic heterocycles. The Morgan fingerprint density at radius 1 is 1.19 bits per heavy atom. The van der Waals surface area contributed by atoms with Crippen molar-refractivity contribution in [3.05, 3.63) is 29.8 Å². The molecule has 0 atom stereocenters. The van der Waals surface area contributed by atoms with E-state index in [0.717, 1.165) is 6.54 Å². The van der Waals surface area contributed by atoms with E-state index in [1.807, 2.05) is 0 Å².